The van der Waals surface area contributed by atoms with Crippen LogP contribution in [-0.2, 0) is 0 Å². The van der Waals surface area contributed by atoms with Crippen molar-refractivity contribution in [2.75, 3.05) is 4.90 Å². The largest absolute Gasteiger partial charge is 0.362 e. The molecule has 1 saturated heterocycles. The van der Waals surface area contributed by atoms with Crippen LogP contribution in [-0.4, -0.2) is 6.04 Å². The van der Waals surface area contributed by atoms with E-state index in [0.717, 1.165) is 10.0 Å². The Balaban J connectivity index is 1.96. The number of hydrogen-bond acceptors (Lipinski definition) is 1. The van der Waals surface area contributed by atoms with Crippen LogP contribution >= 0.6 is 23.2 Å². The van der Waals surface area contributed by atoms with Crippen LogP contribution in [0.25, 0.3) is 0 Å². The quantitative estimate of drug-likeness (QED) is 0.645. The second kappa shape index (κ2) is 6.29. The first-order valence-electron chi connectivity index (χ1n) is 7.44. The third-order valence-electron chi connectivity index (χ3n) is 4.29. The normalized spacial score (nSPS) is 22.3. The second-order valence-corrected chi connectivity index (χ2v) is 6.60. The topological polar surface area (TPSA) is 3.24 Å². The highest BCUT2D eigenvalue weighted by Crippen LogP contribution is 2.38. The highest BCUT2D eigenvalue weighted by Gasteiger charge is 2.29. The molecule has 0 N–H and O–H groups in total. The number of anilines is 1. The third-order valence-corrected chi connectivity index (χ3v) is 4.79. The maximum Gasteiger partial charge on any atom is 0.0545 e. The van der Waals surface area contributed by atoms with E-state index in [0.29, 0.717) is 12.1 Å². The summed E-state index contributed by atoms with van der Waals surface area (Å²) >= 11 is 12.0. The maximum absolute atomic E-state index is 6.02. The minimum absolute atomic E-state index is 0.409. The smallest absolute Gasteiger partial charge is 0.0545 e. The van der Waals surface area contributed by atoms with Gasteiger partial charge in [-0.2, -0.15) is 0 Å². The molecule has 2 atom stereocenters. The molecule has 0 unspecified atom stereocenters. The highest BCUT2D eigenvalue weighted by molar-refractivity contribution is 6.30. The molecule has 1 aliphatic rings. The standard InChI is InChI=1S/C18H19Cl2N/c1-13-3-2-4-18(14-5-7-15(19)8-6-14)21(13)17-11-9-16(20)10-12-17/h5-13,18H,2-4H2,1H3/t13-,18-/m0/s1. The van der Waals surface area contributed by atoms with Crippen molar-refractivity contribution in [3.8, 4) is 0 Å². The number of piperidine rings is 1. The lowest BCUT2D eigenvalue weighted by atomic mass is 9.91. The van der Waals surface area contributed by atoms with Crippen LogP contribution in [0.2, 0.25) is 10.0 Å². The molecule has 0 spiro atoms. The Bertz CT molecular complexity index is 592. The van der Waals surface area contributed by atoms with E-state index < -0.39 is 0 Å². The fourth-order valence-electron chi connectivity index (χ4n) is 3.25. The number of hydrogen-bond donors (Lipinski definition) is 0. The molecule has 3 heteroatoms. The average molecular weight is 320 g/mol. The lowest BCUT2D eigenvalue weighted by Crippen LogP contribution is -2.40. The average Bonchev–Trinajstić information content (AvgIpc) is 2.49. The van der Waals surface area contributed by atoms with Gasteiger partial charge in [0.2, 0.25) is 0 Å². The summed E-state index contributed by atoms with van der Waals surface area (Å²) in [6.45, 7) is 2.30. The van der Waals surface area contributed by atoms with Gasteiger partial charge < -0.3 is 4.90 Å². The fraction of sp³-hybridized carbons (Fsp3) is 0.333. The minimum Gasteiger partial charge on any atom is -0.362 e. The van der Waals surface area contributed by atoms with Crippen molar-refractivity contribution < 1.29 is 0 Å². The van der Waals surface area contributed by atoms with Gasteiger partial charge in [-0.15, -0.1) is 0 Å². The third kappa shape index (κ3) is 3.20. The van der Waals surface area contributed by atoms with Gasteiger partial charge >= 0.3 is 0 Å². The van der Waals surface area contributed by atoms with Gasteiger partial charge in [-0.3, -0.25) is 0 Å². The van der Waals surface area contributed by atoms with Gasteiger partial charge in [-0.05, 0) is 68.1 Å². The van der Waals surface area contributed by atoms with Gasteiger partial charge in [0.05, 0.1) is 6.04 Å². The number of nitrogens with zero attached hydrogens (tertiary/aromatic N) is 1. The molecule has 1 fully saturated rings. The molecule has 0 aliphatic carbocycles. The molecule has 2 aromatic rings. The van der Waals surface area contributed by atoms with E-state index in [1.54, 1.807) is 0 Å². The minimum atomic E-state index is 0.409. The van der Waals surface area contributed by atoms with E-state index in [9.17, 15) is 0 Å². The van der Waals surface area contributed by atoms with E-state index in [2.05, 4.69) is 36.1 Å². The number of halogens is 2. The molecule has 1 aliphatic heterocycles. The van der Waals surface area contributed by atoms with Gasteiger partial charge in [0, 0.05) is 21.8 Å². The van der Waals surface area contributed by atoms with Gasteiger partial charge in [0.25, 0.3) is 0 Å². The Labute approximate surface area is 136 Å². The molecule has 0 saturated carbocycles. The lowest BCUT2D eigenvalue weighted by molar-refractivity contribution is 0.404. The first kappa shape index (κ1) is 14.7. The van der Waals surface area contributed by atoms with Crippen molar-refractivity contribution in [3.05, 3.63) is 64.1 Å². The molecule has 21 heavy (non-hydrogen) atoms. The summed E-state index contributed by atoms with van der Waals surface area (Å²) < 4.78 is 0. The summed E-state index contributed by atoms with van der Waals surface area (Å²) in [5.41, 5.74) is 2.58. The monoisotopic (exact) mass is 319 g/mol. The first-order valence-corrected chi connectivity index (χ1v) is 8.20. The van der Waals surface area contributed by atoms with Crippen molar-refractivity contribution in [2.24, 2.45) is 0 Å². The number of benzene rings is 2. The van der Waals surface area contributed by atoms with Crippen molar-refractivity contribution in [2.45, 2.75) is 38.3 Å². The Morgan fingerprint density at radius 2 is 1.43 bits per heavy atom. The summed E-state index contributed by atoms with van der Waals surface area (Å²) in [6, 6.07) is 17.4. The molecule has 3 rings (SSSR count). The van der Waals surface area contributed by atoms with Gasteiger partial charge in [-0.1, -0.05) is 35.3 Å². The molecule has 2 aromatic carbocycles. The van der Waals surface area contributed by atoms with Crippen LogP contribution in [0.1, 0.15) is 37.8 Å². The molecule has 1 nitrogen and oxygen atoms in total. The summed E-state index contributed by atoms with van der Waals surface area (Å²) in [5, 5.41) is 1.58. The predicted octanol–water partition coefficient (Wildman–Crippen LogP) is 6.11. The Morgan fingerprint density at radius 3 is 2.05 bits per heavy atom. The van der Waals surface area contributed by atoms with Crippen LogP contribution in [0.15, 0.2) is 48.5 Å². The van der Waals surface area contributed by atoms with Crippen molar-refractivity contribution in [1.29, 1.82) is 0 Å². The fourth-order valence-corrected chi connectivity index (χ4v) is 3.50. The van der Waals surface area contributed by atoms with Gasteiger partial charge in [-0.25, -0.2) is 0 Å². The number of rotatable bonds is 2. The first-order chi connectivity index (χ1) is 10.1. The maximum atomic E-state index is 6.02. The van der Waals surface area contributed by atoms with Crippen molar-refractivity contribution >= 4 is 28.9 Å². The summed E-state index contributed by atoms with van der Waals surface area (Å²) in [6.07, 6.45) is 3.67. The second-order valence-electron chi connectivity index (χ2n) is 5.73. The van der Waals surface area contributed by atoms with Crippen LogP contribution in [0.3, 0.4) is 0 Å². The van der Waals surface area contributed by atoms with Crippen LogP contribution in [0, 0.1) is 0 Å². The highest BCUT2D eigenvalue weighted by atomic mass is 35.5. The molecule has 0 radical (unpaired) electrons. The molecule has 1 heterocycles. The zero-order valence-corrected chi connectivity index (χ0v) is 13.6. The summed E-state index contributed by atoms with van der Waals surface area (Å²) in [4.78, 5) is 2.52. The molecular formula is C18H19Cl2N. The molecule has 0 aromatic heterocycles. The molecular weight excluding hydrogens is 301 g/mol. The van der Waals surface area contributed by atoms with Crippen LogP contribution < -0.4 is 4.90 Å². The zero-order valence-electron chi connectivity index (χ0n) is 12.1. The molecule has 0 bridgehead atoms. The van der Waals surface area contributed by atoms with E-state index in [1.807, 2.05) is 24.3 Å². The van der Waals surface area contributed by atoms with Gasteiger partial charge in [0.15, 0.2) is 0 Å². The van der Waals surface area contributed by atoms with E-state index in [4.69, 9.17) is 23.2 Å². The molecule has 0 amide bonds. The predicted molar refractivity (Wildman–Crippen MR) is 91.4 cm³/mol. The summed E-state index contributed by atoms with van der Waals surface area (Å²) in [5.74, 6) is 0. The summed E-state index contributed by atoms with van der Waals surface area (Å²) in [7, 11) is 0. The SMILES string of the molecule is C[C@H]1CCC[C@@H](c2ccc(Cl)cc2)N1c1ccc(Cl)cc1. The Kier molecular flexibility index (Phi) is 4.42. The lowest BCUT2D eigenvalue weighted by Gasteiger charge is -2.43. The zero-order chi connectivity index (χ0) is 14.8. The van der Waals surface area contributed by atoms with E-state index in [-0.39, 0.29) is 0 Å². The van der Waals surface area contributed by atoms with Gasteiger partial charge in [0.1, 0.15) is 0 Å². The van der Waals surface area contributed by atoms with Crippen LogP contribution in [0.4, 0.5) is 5.69 Å². The molecule has 110 valence electrons. The van der Waals surface area contributed by atoms with E-state index >= 15 is 0 Å². The Hall–Kier alpha value is -1.18. The van der Waals surface area contributed by atoms with Crippen LogP contribution in [0.5, 0.6) is 0 Å². The Morgan fingerprint density at radius 1 is 0.857 bits per heavy atom. The van der Waals surface area contributed by atoms with Crippen molar-refractivity contribution in [1.82, 2.24) is 0 Å². The van der Waals surface area contributed by atoms with Crippen molar-refractivity contribution in [3.63, 3.8) is 0 Å². The van der Waals surface area contributed by atoms with E-state index in [1.165, 1.54) is 30.5 Å².